The number of rotatable bonds is 6. The predicted molar refractivity (Wildman–Crippen MR) is 90.6 cm³/mol. The maximum atomic E-state index is 11.4. The number of benzene rings is 1. The summed E-state index contributed by atoms with van der Waals surface area (Å²) in [4.78, 5) is 13.1. The maximum Gasteiger partial charge on any atom is 0.272 e. The van der Waals surface area contributed by atoms with Crippen molar-refractivity contribution in [1.82, 2.24) is 5.32 Å². The second-order valence-electron chi connectivity index (χ2n) is 7.27. The van der Waals surface area contributed by atoms with E-state index in [9.17, 15) is 4.79 Å². The topological polar surface area (TPSA) is 59.6 Å². The Hall–Kier alpha value is -1.43. The molecule has 1 aromatic carbocycles. The molecule has 126 valence electrons. The van der Waals surface area contributed by atoms with Crippen molar-refractivity contribution in [1.29, 1.82) is 0 Å². The predicted octanol–water partition coefficient (Wildman–Crippen LogP) is -0.600. The van der Waals surface area contributed by atoms with E-state index in [0.717, 1.165) is 63.3 Å². The zero-order valence-electron chi connectivity index (χ0n) is 14.2. The SMILES string of the molecule is CCC[N+]1(CC(N)=O)CC[NH+](Cc2ccc3c(c2)CNC3)CC1. The highest BCUT2D eigenvalue weighted by atomic mass is 16.1. The zero-order valence-corrected chi connectivity index (χ0v) is 14.2. The Labute approximate surface area is 139 Å². The van der Waals surface area contributed by atoms with Gasteiger partial charge in [0.15, 0.2) is 6.54 Å². The second-order valence-corrected chi connectivity index (χ2v) is 7.27. The summed E-state index contributed by atoms with van der Waals surface area (Å²) >= 11 is 0. The van der Waals surface area contributed by atoms with Crippen LogP contribution in [0.15, 0.2) is 18.2 Å². The van der Waals surface area contributed by atoms with Crippen LogP contribution in [0, 0.1) is 0 Å². The van der Waals surface area contributed by atoms with Gasteiger partial charge in [-0.15, -0.1) is 0 Å². The quantitative estimate of drug-likeness (QED) is 0.614. The normalized spacial score (nSPS) is 26.9. The van der Waals surface area contributed by atoms with Gasteiger partial charge < -0.3 is 20.4 Å². The summed E-state index contributed by atoms with van der Waals surface area (Å²) in [7, 11) is 0. The molecule has 5 nitrogen and oxygen atoms in total. The summed E-state index contributed by atoms with van der Waals surface area (Å²) in [5.74, 6) is -0.159. The Morgan fingerprint density at radius 1 is 1.26 bits per heavy atom. The standard InChI is InChI=1S/C18H28N4O/c1-2-7-22(14-18(19)23)8-5-21(6-9-22)13-15-3-4-16-11-20-12-17(16)10-15/h3-4,10,20H,2,5-9,11-14H2,1H3,(H-,19,23)/p+2. The van der Waals surface area contributed by atoms with Gasteiger partial charge in [-0.25, -0.2) is 0 Å². The third-order valence-corrected chi connectivity index (χ3v) is 5.42. The van der Waals surface area contributed by atoms with Crippen LogP contribution in [-0.4, -0.2) is 49.7 Å². The van der Waals surface area contributed by atoms with Crippen LogP contribution in [0.5, 0.6) is 0 Å². The molecule has 1 saturated heterocycles. The number of nitrogens with two attached hydrogens (primary N) is 1. The first-order valence-corrected chi connectivity index (χ1v) is 8.88. The first-order valence-electron chi connectivity index (χ1n) is 8.88. The lowest BCUT2D eigenvalue weighted by Gasteiger charge is -2.42. The first-order chi connectivity index (χ1) is 11.1. The molecule has 0 unspecified atom stereocenters. The molecule has 4 N–H and O–H groups in total. The fourth-order valence-electron chi connectivity index (χ4n) is 4.22. The van der Waals surface area contributed by atoms with Crippen molar-refractivity contribution in [3.8, 4) is 0 Å². The number of amides is 1. The van der Waals surface area contributed by atoms with Crippen LogP contribution in [0.3, 0.4) is 0 Å². The summed E-state index contributed by atoms with van der Waals surface area (Å²) in [5, 5.41) is 3.41. The highest BCUT2D eigenvalue weighted by molar-refractivity contribution is 5.74. The average molecular weight is 318 g/mol. The van der Waals surface area contributed by atoms with Crippen molar-refractivity contribution < 1.29 is 14.2 Å². The van der Waals surface area contributed by atoms with Gasteiger partial charge in [-0.1, -0.05) is 19.1 Å². The highest BCUT2D eigenvalue weighted by Crippen LogP contribution is 2.16. The largest absolute Gasteiger partial charge is 0.365 e. The molecule has 1 fully saturated rings. The molecule has 0 saturated carbocycles. The minimum Gasteiger partial charge on any atom is -0.365 e. The van der Waals surface area contributed by atoms with E-state index in [1.165, 1.54) is 16.7 Å². The Balaban J connectivity index is 1.59. The van der Waals surface area contributed by atoms with E-state index in [2.05, 4.69) is 30.4 Å². The second kappa shape index (κ2) is 6.99. The molecule has 0 aliphatic carbocycles. The van der Waals surface area contributed by atoms with Crippen molar-refractivity contribution in [2.75, 3.05) is 39.3 Å². The lowest BCUT2D eigenvalue weighted by Crippen LogP contribution is -3.14. The molecule has 0 bridgehead atoms. The van der Waals surface area contributed by atoms with Gasteiger partial charge >= 0.3 is 0 Å². The summed E-state index contributed by atoms with van der Waals surface area (Å²) in [6, 6.07) is 6.93. The minimum absolute atomic E-state index is 0.159. The number of primary amides is 1. The molecule has 0 radical (unpaired) electrons. The van der Waals surface area contributed by atoms with Gasteiger partial charge in [-0.3, -0.25) is 4.79 Å². The molecule has 0 atom stereocenters. The molecular weight excluding hydrogens is 288 g/mol. The van der Waals surface area contributed by atoms with Crippen molar-refractivity contribution in [3.63, 3.8) is 0 Å². The molecule has 2 heterocycles. The van der Waals surface area contributed by atoms with Gasteiger partial charge in [-0.2, -0.15) is 0 Å². The van der Waals surface area contributed by atoms with E-state index >= 15 is 0 Å². The molecule has 3 rings (SSSR count). The van der Waals surface area contributed by atoms with E-state index in [4.69, 9.17) is 5.73 Å². The number of nitrogens with one attached hydrogen (secondary N) is 2. The maximum absolute atomic E-state index is 11.4. The molecule has 5 heteroatoms. The van der Waals surface area contributed by atoms with Crippen molar-refractivity contribution in [2.24, 2.45) is 5.73 Å². The fraction of sp³-hybridized carbons (Fsp3) is 0.611. The number of carbonyl (C=O) groups excluding carboxylic acids is 1. The number of hydrogen-bond acceptors (Lipinski definition) is 2. The number of fused-ring (bicyclic) bond motifs is 1. The molecule has 2 aliphatic heterocycles. The third kappa shape index (κ3) is 3.91. The van der Waals surface area contributed by atoms with Crippen molar-refractivity contribution >= 4 is 5.91 Å². The van der Waals surface area contributed by atoms with Gasteiger partial charge in [-0.05, 0) is 23.6 Å². The van der Waals surface area contributed by atoms with Crippen molar-refractivity contribution in [3.05, 3.63) is 34.9 Å². The van der Waals surface area contributed by atoms with E-state index in [1.54, 1.807) is 4.90 Å². The van der Waals surface area contributed by atoms with Gasteiger partial charge in [0.05, 0.1) is 6.54 Å². The smallest absolute Gasteiger partial charge is 0.272 e. The van der Waals surface area contributed by atoms with Crippen LogP contribution in [0.25, 0.3) is 0 Å². The number of nitrogens with zero attached hydrogens (tertiary/aromatic N) is 1. The lowest BCUT2D eigenvalue weighted by molar-refractivity contribution is -1.02. The summed E-state index contributed by atoms with van der Waals surface area (Å²) < 4.78 is 0.892. The van der Waals surface area contributed by atoms with Crippen LogP contribution in [-0.2, 0) is 24.4 Å². The monoisotopic (exact) mass is 318 g/mol. The highest BCUT2D eigenvalue weighted by Gasteiger charge is 2.35. The fourth-order valence-corrected chi connectivity index (χ4v) is 4.22. The van der Waals surface area contributed by atoms with Gasteiger partial charge in [0, 0.05) is 18.7 Å². The first kappa shape index (κ1) is 16.4. The molecule has 1 amide bonds. The lowest BCUT2D eigenvalue weighted by atomic mass is 10.1. The Morgan fingerprint density at radius 2 is 2.00 bits per heavy atom. The van der Waals surface area contributed by atoms with Crippen LogP contribution in [0.1, 0.15) is 30.0 Å². The minimum atomic E-state index is -0.159. The van der Waals surface area contributed by atoms with Crippen LogP contribution < -0.4 is 16.0 Å². The molecule has 2 aliphatic rings. The van der Waals surface area contributed by atoms with E-state index < -0.39 is 0 Å². The van der Waals surface area contributed by atoms with Gasteiger partial charge in [0.1, 0.15) is 32.7 Å². The third-order valence-electron chi connectivity index (χ3n) is 5.42. The van der Waals surface area contributed by atoms with E-state index in [1.807, 2.05) is 0 Å². The molecule has 23 heavy (non-hydrogen) atoms. The molecule has 0 spiro atoms. The Bertz CT molecular complexity index is 564. The van der Waals surface area contributed by atoms with Crippen LogP contribution in [0.4, 0.5) is 0 Å². The number of hydrogen-bond donors (Lipinski definition) is 3. The molecule has 0 aromatic heterocycles. The van der Waals surface area contributed by atoms with Gasteiger partial charge in [0.25, 0.3) is 5.91 Å². The number of quaternary nitrogens is 2. The zero-order chi connectivity index (χ0) is 16.3. The average Bonchev–Trinajstić information content (AvgIpc) is 2.97. The van der Waals surface area contributed by atoms with Crippen LogP contribution in [0.2, 0.25) is 0 Å². The summed E-state index contributed by atoms with van der Waals surface area (Å²) in [6.07, 6.45) is 1.11. The molecular formula is C18H30N4O+2. The Kier molecular flexibility index (Phi) is 4.99. The van der Waals surface area contributed by atoms with E-state index in [0.29, 0.717) is 6.54 Å². The van der Waals surface area contributed by atoms with E-state index in [-0.39, 0.29) is 5.91 Å². The van der Waals surface area contributed by atoms with Gasteiger partial charge in [0.2, 0.25) is 0 Å². The summed E-state index contributed by atoms with van der Waals surface area (Å²) in [5.41, 5.74) is 9.83. The number of piperazine rings is 1. The number of carbonyl (C=O) groups is 1. The molecule has 1 aromatic rings. The van der Waals surface area contributed by atoms with Crippen molar-refractivity contribution in [2.45, 2.75) is 33.0 Å². The summed E-state index contributed by atoms with van der Waals surface area (Å²) in [6.45, 7) is 11.3. The van der Waals surface area contributed by atoms with Crippen LogP contribution >= 0.6 is 0 Å². The Morgan fingerprint density at radius 3 is 2.70 bits per heavy atom.